The van der Waals surface area contributed by atoms with Gasteiger partial charge >= 0.3 is 224 Å². The third-order valence-electron chi connectivity index (χ3n) is 6.83. The first-order chi connectivity index (χ1) is 17.6. The Bertz CT molecular complexity index is 1290. The van der Waals surface area contributed by atoms with Crippen LogP contribution in [0.15, 0.2) is 121 Å². The fourth-order valence-electron chi connectivity index (χ4n) is 5.11. The van der Waals surface area contributed by atoms with E-state index in [9.17, 15) is 8.42 Å². The molecule has 3 nitrogen and oxygen atoms in total. The van der Waals surface area contributed by atoms with Crippen molar-refractivity contribution in [3.05, 3.63) is 127 Å². The van der Waals surface area contributed by atoms with Gasteiger partial charge in [0.2, 0.25) is 0 Å². The molecule has 6 heteroatoms. The summed E-state index contributed by atoms with van der Waals surface area (Å²) >= 11 is 0. The maximum absolute atomic E-state index is 14.1. The predicted molar refractivity (Wildman–Crippen MR) is 163 cm³/mol. The summed E-state index contributed by atoms with van der Waals surface area (Å²) in [7, 11) is -5.30. The average Bonchev–Trinajstić information content (AvgIpc) is 2.89. The molecule has 0 spiro atoms. The van der Waals surface area contributed by atoms with Crippen LogP contribution in [0.25, 0.3) is 0 Å². The summed E-state index contributed by atoms with van der Waals surface area (Å²) in [6, 6.07) is 41.1. The molecule has 0 heterocycles. The first kappa shape index (κ1) is 27.5. The quantitative estimate of drug-likeness (QED) is 0.155. The van der Waals surface area contributed by atoms with Crippen molar-refractivity contribution in [3.8, 4) is 0 Å². The molecule has 0 saturated heterocycles. The van der Waals surface area contributed by atoms with Gasteiger partial charge in [0, 0.05) is 0 Å². The summed E-state index contributed by atoms with van der Waals surface area (Å²) < 4.78 is 35.1. The molecular weight excluding hydrogens is 511 g/mol. The predicted octanol–water partition coefficient (Wildman–Crippen LogP) is 6.71. The molecule has 0 saturated carbocycles. The maximum atomic E-state index is 14.1. The van der Waals surface area contributed by atoms with Gasteiger partial charge in [0.15, 0.2) is 0 Å². The van der Waals surface area contributed by atoms with E-state index in [1.807, 2.05) is 109 Å². The zero-order chi connectivity index (χ0) is 26.4. The molecule has 0 aliphatic carbocycles. The van der Waals surface area contributed by atoms with Gasteiger partial charge in [-0.1, -0.05) is 0 Å². The molecule has 0 aromatic heterocycles. The van der Waals surface area contributed by atoms with Gasteiger partial charge in [-0.3, -0.25) is 0 Å². The van der Waals surface area contributed by atoms with Gasteiger partial charge in [0.25, 0.3) is 0 Å². The third-order valence-corrected chi connectivity index (χ3v) is 16.8. The van der Waals surface area contributed by atoms with Gasteiger partial charge < -0.3 is 0 Å². The van der Waals surface area contributed by atoms with E-state index in [2.05, 4.69) is 31.8 Å². The van der Waals surface area contributed by atoms with Crippen LogP contribution in [0.4, 0.5) is 0 Å². The number of benzene rings is 4. The monoisotopic (exact) mass is 548 g/mol. The van der Waals surface area contributed by atoms with Crippen molar-refractivity contribution in [1.29, 1.82) is 0 Å². The molecule has 4 rings (SSSR count). The Morgan fingerprint density at radius 3 is 1.38 bits per heavy atom. The first-order valence-electron chi connectivity index (χ1n) is 12.8. The van der Waals surface area contributed by atoms with E-state index in [1.54, 1.807) is 0 Å². The molecule has 4 aromatic rings. The molecule has 0 amide bonds. The van der Waals surface area contributed by atoms with Crippen LogP contribution in [0.1, 0.15) is 12.0 Å². The summed E-state index contributed by atoms with van der Waals surface area (Å²) in [5, 5.41) is 2.72. The van der Waals surface area contributed by atoms with E-state index < -0.39 is 25.0 Å². The van der Waals surface area contributed by atoms with Crippen LogP contribution < -0.4 is 15.9 Å². The summed E-state index contributed by atoms with van der Waals surface area (Å²) in [6.45, 7) is 2.76. The van der Waals surface area contributed by atoms with Gasteiger partial charge in [-0.25, -0.2) is 0 Å². The van der Waals surface area contributed by atoms with Crippen LogP contribution in [-0.4, -0.2) is 22.2 Å². The molecule has 37 heavy (non-hydrogen) atoms. The molecule has 0 bridgehead atoms. The first-order valence-corrected chi connectivity index (χ1v) is 20.4. The Labute approximate surface area is 223 Å². The normalized spacial score (nSPS) is 13.5. The Morgan fingerprint density at radius 1 is 0.622 bits per heavy atom. The van der Waals surface area contributed by atoms with Crippen molar-refractivity contribution in [2.75, 3.05) is 5.75 Å². The zero-order valence-corrected chi connectivity index (χ0v) is 24.7. The molecule has 0 aliphatic rings. The topological polar surface area (TPSA) is 43.4 Å². The van der Waals surface area contributed by atoms with Crippen molar-refractivity contribution in [3.63, 3.8) is 0 Å². The van der Waals surface area contributed by atoms with Crippen molar-refractivity contribution >= 4 is 40.9 Å². The van der Waals surface area contributed by atoms with Gasteiger partial charge in [-0.2, -0.15) is 0 Å². The summed E-state index contributed by atoms with van der Waals surface area (Å²) in [5.74, 6) is 0.0104. The van der Waals surface area contributed by atoms with E-state index in [4.69, 9.17) is 3.97 Å². The second-order valence-corrected chi connectivity index (χ2v) is 22.9. The van der Waals surface area contributed by atoms with Crippen LogP contribution in [0.3, 0.4) is 0 Å². The minimum absolute atomic E-state index is 0.0104. The summed E-state index contributed by atoms with van der Waals surface area (Å²) in [5.41, 5.74) is 1.04. The molecule has 0 aliphatic heterocycles. The van der Waals surface area contributed by atoms with E-state index in [0.29, 0.717) is 12.6 Å². The van der Waals surface area contributed by atoms with Crippen molar-refractivity contribution in [1.82, 2.24) is 0 Å². The summed E-state index contributed by atoms with van der Waals surface area (Å²) in [6.07, 6.45) is 1.05. The van der Waals surface area contributed by atoms with E-state index in [1.165, 1.54) is 0 Å². The zero-order valence-electron chi connectivity index (χ0n) is 22.0. The molecule has 4 aromatic carbocycles. The van der Waals surface area contributed by atoms with E-state index in [0.717, 1.165) is 27.5 Å². The molecule has 0 atom stereocenters. The SMILES string of the molecule is C[Si](C)(C)CCCS(=O)(=O)OP(Cc1ccccc1)(c1ccccc1)(c1ccccc1)c1ccccc1. The summed E-state index contributed by atoms with van der Waals surface area (Å²) in [4.78, 5) is 0. The molecule has 0 fully saturated rings. The Hall–Kier alpha value is -2.56. The second kappa shape index (κ2) is 11.0. The molecular formula is C31H37O3PSSi. The van der Waals surface area contributed by atoms with Gasteiger partial charge in [-0.05, 0) is 0 Å². The Balaban J connectivity index is 2.06. The van der Waals surface area contributed by atoms with Crippen molar-refractivity contribution < 1.29 is 12.4 Å². The van der Waals surface area contributed by atoms with Crippen LogP contribution in [0.5, 0.6) is 0 Å². The van der Waals surface area contributed by atoms with Crippen molar-refractivity contribution in [2.24, 2.45) is 0 Å². The van der Waals surface area contributed by atoms with Crippen molar-refractivity contribution in [2.45, 2.75) is 38.3 Å². The van der Waals surface area contributed by atoms with Crippen LogP contribution in [0.2, 0.25) is 25.7 Å². The number of hydrogen-bond acceptors (Lipinski definition) is 3. The van der Waals surface area contributed by atoms with Crippen LogP contribution >= 0.6 is 6.83 Å². The van der Waals surface area contributed by atoms with Gasteiger partial charge in [0.1, 0.15) is 0 Å². The van der Waals surface area contributed by atoms with Crippen LogP contribution in [-0.2, 0) is 20.3 Å². The number of rotatable bonds is 11. The van der Waals surface area contributed by atoms with Gasteiger partial charge in [-0.15, -0.1) is 0 Å². The Kier molecular flexibility index (Phi) is 8.20. The molecule has 0 N–H and O–H groups in total. The standard InChI is InChI=1S/C31H37O3PSSi/c1-37(2,3)26-16-25-36(32,33)34-35(29-19-10-5-11-20-29,30-21-12-6-13-22-30,31-23-14-7-15-24-31)27-28-17-8-4-9-18-28/h4-15,17-24H,16,25-27H2,1-3H3. The fraction of sp³-hybridized carbons (Fsp3) is 0.226. The molecule has 0 unspecified atom stereocenters. The second-order valence-electron chi connectivity index (χ2n) is 10.9. The van der Waals surface area contributed by atoms with Crippen LogP contribution in [0, 0.1) is 0 Å². The third kappa shape index (κ3) is 5.96. The minimum atomic E-state index is -4.05. The fourth-order valence-corrected chi connectivity index (χ4v) is 15.4. The average molecular weight is 549 g/mol. The van der Waals surface area contributed by atoms with E-state index in [-0.39, 0.29) is 5.75 Å². The van der Waals surface area contributed by atoms with Gasteiger partial charge in [0.05, 0.1) is 0 Å². The molecule has 0 radical (unpaired) electrons. The number of hydrogen-bond donors (Lipinski definition) is 0. The molecule has 194 valence electrons. The van der Waals surface area contributed by atoms with E-state index >= 15 is 0 Å². The Morgan fingerprint density at radius 2 is 1.00 bits per heavy atom.